The predicted octanol–water partition coefficient (Wildman–Crippen LogP) is -0.626. The summed E-state index contributed by atoms with van der Waals surface area (Å²) in [7, 11) is 5.26. The minimum Gasteiger partial charge on any atom is -1.00 e. The molecular weight excluding hydrogens is 318 g/mol. The monoisotopic (exact) mass is 331 g/mol. The molecular formula is C11H14BrN3S2. The van der Waals surface area contributed by atoms with Crippen molar-refractivity contribution in [1.82, 2.24) is 9.56 Å². The standard InChI is InChI=1S/C11H13N3S2.BrH/c1-3-14(9-7-5-4-6-8-9)11-13-10(12-2)15-16-11;/h4-8H,3H2,1-2H3;1H. The molecule has 1 aromatic heterocycles. The van der Waals surface area contributed by atoms with E-state index >= 15 is 0 Å². The van der Waals surface area contributed by atoms with Gasteiger partial charge in [-0.25, -0.2) is 4.58 Å². The fraction of sp³-hybridized carbons (Fsp3) is 0.273. The van der Waals surface area contributed by atoms with E-state index in [1.807, 2.05) is 25.2 Å². The van der Waals surface area contributed by atoms with Crippen molar-refractivity contribution in [1.29, 1.82) is 0 Å². The van der Waals surface area contributed by atoms with Gasteiger partial charge >= 0.3 is 9.93 Å². The molecule has 0 saturated carbocycles. The lowest BCUT2D eigenvalue weighted by Gasteiger charge is -1.99. The highest BCUT2D eigenvalue weighted by Crippen LogP contribution is 2.13. The minimum absolute atomic E-state index is 0. The number of hydrogen-bond donors (Lipinski definition) is 1. The fourth-order valence-corrected chi connectivity index (χ4v) is 3.52. The first-order chi connectivity index (χ1) is 7.85. The third-order valence-electron chi connectivity index (χ3n) is 2.22. The summed E-state index contributed by atoms with van der Waals surface area (Å²) in [6.07, 6.45) is 0. The molecule has 3 nitrogen and oxygen atoms in total. The second-order valence-electron chi connectivity index (χ2n) is 3.20. The van der Waals surface area contributed by atoms with Gasteiger partial charge in [-0.15, -0.1) is 0 Å². The van der Waals surface area contributed by atoms with Gasteiger partial charge < -0.3 is 22.3 Å². The van der Waals surface area contributed by atoms with Gasteiger partial charge in [-0.2, -0.15) is 0 Å². The van der Waals surface area contributed by atoms with E-state index in [0.717, 1.165) is 16.5 Å². The second kappa shape index (κ2) is 6.88. The topological polar surface area (TPSA) is 27.9 Å². The summed E-state index contributed by atoms with van der Waals surface area (Å²) >= 11 is 0. The Balaban J connectivity index is 0.00000144. The number of nitrogens with one attached hydrogen (secondary N) is 1. The molecule has 0 aliphatic carbocycles. The van der Waals surface area contributed by atoms with Crippen molar-refractivity contribution in [3.05, 3.63) is 35.1 Å². The number of aromatic nitrogens is 1. The maximum atomic E-state index is 4.53. The van der Waals surface area contributed by atoms with Crippen LogP contribution in [-0.2, 0) is 0 Å². The van der Waals surface area contributed by atoms with Crippen molar-refractivity contribution in [2.75, 3.05) is 18.9 Å². The molecule has 0 fully saturated rings. The van der Waals surface area contributed by atoms with Crippen LogP contribution >= 0.6 is 20.7 Å². The summed E-state index contributed by atoms with van der Waals surface area (Å²) in [5.41, 5.74) is 1.19. The Morgan fingerprint density at radius 2 is 1.94 bits per heavy atom. The van der Waals surface area contributed by atoms with Crippen LogP contribution < -0.4 is 31.7 Å². The zero-order valence-electron chi connectivity index (χ0n) is 9.68. The molecule has 0 aliphatic rings. The molecule has 1 aromatic carbocycles. The number of para-hydroxylation sites is 1. The largest absolute Gasteiger partial charge is 1.00 e. The normalized spacial score (nSPS) is 11.6. The molecule has 0 saturated heterocycles. The van der Waals surface area contributed by atoms with Crippen molar-refractivity contribution < 1.29 is 17.0 Å². The lowest BCUT2D eigenvalue weighted by atomic mass is 10.3. The molecule has 0 atom stereocenters. The molecule has 6 heteroatoms. The molecule has 2 rings (SSSR count). The SMILES string of the molecule is CC[N+](c1ccccc1)=c1nc(NC)ss1.[Br-]. The molecule has 0 radical (unpaired) electrons. The van der Waals surface area contributed by atoms with Gasteiger partial charge in [0.05, 0.1) is 6.54 Å². The molecule has 17 heavy (non-hydrogen) atoms. The second-order valence-corrected chi connectivity index (χ2v) is 5.28. The van der Waals surface area contributed by atoms with Gasteiger partial charge in [-0.1, -0.05) is 18.2 Å². The minimum atomic E-state index is 0. The Labute approximate surface area is 119 Å². The summed E-state index contributed by atoms with van der Waals surface area (Å²) in [6, 6.07) is 10.3. The summed E-state index contributed by atoms with van der Waals surface area (Å²) in [5.74, 6) is 0. The molecule has 1 N–H and O–H groups in total. The summed E-state index contributed by atoms with van der Waals surface area (Å²) < 4.78 is 2.21. The van der Waals surface area contributed by atoms with E-state index in [9.17, 15) is 0 Å². The number of rotatable bonds is 3. The smallest absolute Gasteiger partial charge is 0.395 e. The molecule has 0 spiro atoms. The van der Waals surface area contributed by atoms with Crippen molar-refractivity contribution in [2.45, 2.75) is 6.92 Å². The fourth-order valence-electron chi connectivity index (χ4n) is 1.44. The van der Waals surface area contributed by atoms with E-state index in [1.165, 1.54) is 5.69 Å². The summed E-state index contributed by atoms with van der Waals surface area (Å²) in [6.45, 7) is 3.06. The third kappa shape index (κ3) is 3.37. The van der Waals surface area contributed by atoms with Crippen LogP contribution in [0.15, 0.2) is 30.3 Å². The Morgan fingerprint density at radius 3 is 2.47 bits per heavy atom. The number of nitrogens with zero attached hydrogens (tertiary/aromatic N) is 2. The Hall–Kier alpha value is -0.720. The average Bonchev–Trinajstić information content (AvgIpc) is 2.80. The van der Waals surface area contributed by atoms with Crippen LogP contribution in [0.3, 0.4) is 0 Å². The van der Waals surface area contributed by atoms with E-state index in [2.05, 4.69) is 33.9 Å². The van der Waals surface area contributed by atoms with Crippen LogP contribution in [-0.4, -0.2) is 18.6 Å². The molecule has 0 bridgehead atoms. The quantitative estimate of drug-likeness (QED) is 0.599. The van der Waals surface area contributed by atoms with Crippen LogP contribution in [0.1, 0.15) is 6.92 Å². The molecule has 1 heterocycles. The van der Waals surface area contributed by atoms with E-state index in [1.54, 1.807) is 20.7 Å². The predicted molar refractivity (Wildman–Crippen MR) is 71.4 cm³/mol. The summed E-state index contributed by atoms with van der Waals surface area (Å²) in [5, 5.41) is 4.04. The first-order valence-electron chi connectivity index (χ1n) is 5.15. The van der Waals surface area contributed by atoms with Gasteiger partial charge in [0.1, 0.15) is 5.69 Å². The highest BCUT2D eigenvalue weighted by molar-refractivity contribution is 7.69. The van der Waals surface area contributed by atoms with E-state index in [-0.39, 0.29) is 17.0 Å². The number of hydrogen-bond acceptors (Lipinski definition) is 4. The average molecular weight is 332 g/mol. The van der Waals surface area contributed by atoms with Crippen molar-refractivity contribution >= 4 is 31.5 Å². The van der Waals surface area contributed by atoms with E-state index in [0.29, 0.717) is 0 Å². The lowest BCUT2D eigenvalue weighted by Crippen LogP contribution is -3.00. The van der Waals surface area contributed by atoms with Gasteiger partial charge in [-0.05, 0) is 29.4 Å². The summed E-state index contributed by atoms with van der Waals surface area (Å²) in [4.78, 5) is 5.57. The maximum absolute atomic E-state index is 4.53. The van der Waals surface area contributed by atoms with E-state index < -0.39 is 0 Å². The molecule has 0 amide bonds. The number of anilines is 1. The lowest BCUT2D eigenvalue weighted by molar-refractivity contribution is -0.00000325. The van der Waals surface area contributed by atoms with Crippen LogP contribution in [0.2, 0.25) is 0 Å². The van der Waals surface area contributed by atoms with Crippen molar-refractivity contribution in [3.63, 3.8) is 0 Å². The van der Waals surface area contributed by atoms with Gasteiger partial charge in [0.15, 0.2) is 0 Å². The van der Waals surface area contributed by atoms with Crippen LogP contribution in [0, 0.1) is 0 Å². The number of halogens is 1. The molecule has 2 aromatic rings. The Kier molecular flexibility index (Phi) is 5.80. The molecule has 92 valence electrons. The highest BCUT2D eigenvalue weighted by atomic mass is 79.9. The van der Waals surface area contributed by atoms with Crippen molar-refractivity contribution in [2.24, 2.45) is 0 Å². The zero-order chi connectivity index (χ0) is 11.4. The number of benzene rings is 1. The van der Waals surface area contributed by atoms with Crippen LogP contribution in [0.4, 0.5) is 10.8 Å². The Morgan fingerprint density at radius 1 is 1.24 bits per heavy atom. The van der Waals surface area contributed by atoms with Crippen molar-refractivity contribution in [3.8, 4) is 0 Å². The third-order valence-corrected chi connectivity index (χ3v) is 4.39. The van der Waals surface area contributed by atoms with Gasteiger partial charge in [0.2, 0.25) is 0 Å². The van der Waals surface area contributed by atoms with E-state index in [4.69, 9.17) is 0 Å². The molecule has 0 unspecified atom stereocenters. The Bertz CT molecular complexity index is 519. The van der Waals surface area contributed by atoms with Gasteiger partial charge in [-0.3, -0.25) is 0 Å². The zero-order valence-corrected chi connectivity index (χ0v) is 12.9. The highest BCUT2D eigenvalue weighted by Gasteiger charge is 2.10. The first-order valence-corrected chi connectivity index (χ1v) is 7.30. The molecule has 0 aliphatic heterocycles. The van der Waals surface area contributed by atoms with Gasteiger partial charge in [0, 0.05) is 22.4 Å². The maximum Gasteiger partial charge on any atom is 0.395 e. The van der Waals surface area contributed by atoms with Crippen LogP contribution in [0.25, 0.3) is 0 Å². The van der Waals surface area contributed by atoms with Gasteiger partial charge in [0.25, 0.3) is 0 Å². The van der Waals surface area contributed by atoms with Crippen LogP contribution in [0.5, 0.6) is 0 Å². The first kappa shape index (κ1) is 14.3.